The number of aliphatic imine (C=N–C) groups is 1. The Morgan fingerprint density at radius 2 is 1.71 bits per heavy atom. The second-order valence-corrected chi connectivity index (χ2v) is 8.12. The predicted octanol–water partition coefficient (Wildman–Crippen LogP) is 5.62. The van der Waals surface area contributed by atoms with Gasteiger partial charge in [-0.1, -0.05) is 28.1 Å². The van der Waals surface area contributed by atoms with Gasteiger partial charge < -0.3 is 19.1 Å². The van der Waals surface area contributed by atoms with Crippen molar-refractivity contribution in [2.75, 3.05) is 38.3 Å². The average molecular weight is 481 g/mol. The summed E-state index contributed by atoms with van der Waals surface area (Å²) >= 11 is 3.45. The van der Waals surface area contributed by atoms with Gasteiger partial charge in [0.1, 0.15) is 6.61 Å². The topological polar surface area (TPSA) is 43.3 Å². The molecule has 0 bridgehead atoms. The quantitative estimate of drug-likeness (QED) is 0.411. The number of halogens is 1. The maximum absolute atomic E-state index is 5.94. The van der Waals surface area contributed by atoms with Crippen molar-refractivity contribution in [1.82, 2.24) is 0 Å². The first-order chi connectivity index (χ1) is 15.2. The van der Waals surface area contributed by atoms with E-state index in [0.29, 0.717) is 18.1 Å². The zero-order chi connectivity index (χ0) is 21.5. The van der Waals surface area contributed by atoms with E-state index >= 15 is 0 Å². The van der Waals surface area contributed by atoms with Crippen LogP contribution in [0.15, 0.2) is 76.2 Å². The summed E-state index contributed by atoms with van der Waals surface area (Å²) < 4.78 is 17.9. The summed E-state index contributed by atoms with van der Waals surface area (Å²) in [5.41, 5.74) is 4.16. The van der Waals surface area contributed by atoms with E-state index in [9.17, 15) is 0 Å². The van der Waals surface area contributed by atoms with E-state index in [4.69, 9.17) is 14.2 Å². The van der Waals surface area contributed by atoms with E-state index < -0.39 is 0 Å². The van der Waals surface area contributed by atoms with Crippen LogP contribution in [-0.2, 0) is 11.3 Å². The molecule has 0 atom stereocenters. The summed E-state index contributed by atoms with van der Waals surface area (Å²) in [6.07, 6.45) is 1.84. The Labute approximate surface area is 191 Å². The minimum Gasteiger partial charge on any atom is -0.493 e. The SMILES string of the molecule is COc1cc(C=Nc2ccc(N3CCOCC3)cc2)ccc1OCc1ccc(Br)cc1. The summed E-state index contributed by atoms with van der Waals surface area (Å²) in [6.45, 7) is 3.90. The van der Waals surface area contributed by atoms with Crippen molar-refractivity contribution in [2.24, 2.45) is 4.99 Å². The highest BCUT2D eigenvalue weighted by Crippen LogP contribution is 2.29. The average Bonchev–Trinajstić information content (AvgIpc) is 2.83. The minimum absolute atomic E-state index is 0.479. The highest BCUT2D eigenvalue weighted by atomic mass is 79.9. The molecule has 160 valence electrons. The van der Waals surface area contributed by atoms with Gasteiger partial charge in [0.05, 0.1) is 26.0 Å². The molecule has 0 radical (unpaired) electrons. The molecule has 0 N–H and O–H groups in total. The highest BCUT2D eigenvalue weighted by molar-refractivity contribution is 9.10. The smallest absolute Gasteiger partial charge is 0.161 e. The van der Waals surface area contributed by atoms with Gasteiger partial charge in [-0.15, -0.1) is 0 Å². The van der Waals surface area contributed by atoms with Gasteiger partial charge in [-0.3, -0.25) is 4.99 Å². The van der Waals surface area contributed by atoms with Crippen molar-refractivity contribution in [1.29, 1.82) is 0 Å². The van der Waals surface area contributed by atoms with E-state index in [1.165, 1.54) is 5.69 Å². The van der Waals surface area contributed by atoms with Crippen LogP contribution in [0.2, 0.25) is 0 Å². The molecular weight excluding hydrogens is 456 g/mol. The predicted molar refractivity (Wildman–Crippen MR) is 128 cm³/mol. The number of hydrogen-bond acceptors (Lipinski definition) is 5. The molecule has 1 heterocycles. The first kappa shape index (κ1) is 21.4. The number of hydrogen-bond donors (Lipinski definition) is 0. The number of ether oxygens (including phenoxy) is 3. The van der Waals surface area contributed by atoms with E-state index in [0.717, 1.165) is 47.6 Å². The fourth-order valence-electron chi connectivity index (χ4n) is 3.35. The normalized spacial score (nSPS) is 14.1. The Morgan fingerprint density at radius 1 is 0.968 bits per heavy atom. The van der Waals surface area contributed by atoms with Crippen LogP contribution in [0.4, 0.5) is 11.4 Å². The van der Waals surface area contributed by atoms with Crippen LogP contribution in [0.1, 0.15) is 11.1 Å². The Balaban J connectivity index is 1.40. The van der Waals surface area contributed by atoms with Crippen LogP contribution in [-0.4, -0.2) is 39.6 Å². The van der Waals surface area contributed by atoms with E-state index in [2.05, 4.69) is 38.0 Å². The number of rotatable bonds is 7. The number of nitrogens with zero attached hydrogens (tertiary/aromatic N) is 2. The largest absolute Gasteiger partial charge is 0.493 e. The van der Waals surface area contributed by atoms with E-state index in [1.54, 1.807) is 7.11 Å². The molecule has 1 aliphatic heterocycles. The summed E-state index contributed by atoms with van der Waals surface area (Å²) in [5, 5.41) is 0. The van der Waals surface area contributed by atoms with Gasteiger partial charge in [-0.25, -0.2) is 0 Å². The molecule has 3 aromatic carbocycles. The number of anilines is 1. The van der Waals surface area contributed by atoms with Crippen LogP contribution >= 0.6 is 15.9 Å². The molecule has 0 spiro atoms. The van der Waals surface area contributed by atoms with Crippen LogP contribution in [0, 0.1) is 0 Å². The third-order valence-corrected chi connectivity index (χ3v) is 5.61. The molecule has 0 amide bonds. The first-order valence-corrected chi connectivity index (χ1v) is 11.0. The van der Waals surface area contributed by atoms with Crippen LogP contribution in [0.25, 0.3) is 0 Å². The fraction of sp³-hybridized carbons (Fsp3) is 0.240. The fourth-order valence-corrected chi connectivity index (χ4v) is 3.61. The molecule has 1 saturated heterocycles. The maximum Gasteiger partial charge on any atom is 0.161 e. The van der Waals surface area contributed by atoms with Crippen molar-refractivity contribution < 1.29 is 14.2 Å². The van der Waals surface area contributed by atoms with Gasteiger partial charge in [0.15, 0.2) is 11.5 Å². The molecule has 4 rings (SSSR count). The van der Waals surface area contributed by atoms with Crippen molar-refractivity contribution in [3.8, 4) is 11.5 Å². The highest BCUT2D eigenvalue weighted by Gasteiger charge is 2.10. The molecule has 6 heteroatoms. The molecule has 1 fully saturated rings. The standard InChI is InChI=1S/C25H25BrN2O3/c1-29-25-16-20(4-11-24(25)31-18-19-2-5-21(26)6-3-19)17-27-22-7-9-23(10-8-22)28-12-14-30-15-13-28/h2-11,16-17H,12-15,18H2,1H3. The third-order valence-electron chi connectivity index (χ3n) is 5.08. The zero-order valence-electron chi connectivity index (χ0n) is 17.5. The van der Waals surface area contributed by atoms with E-state index in [1.807, 2.05) is 60.8 Å². The van der Waals surface area contributed by atoms with Gasteiger partial charge in [0, 0.05) is 29.5 Å². The van der Waals surface area contributed by atoms with Crippen LogP contribution < -0.4 is 14.4 Å². The second kappa shape index (κ2) is 10.5. The van der Waals surface area contributed by atoms with Gasteiger partial charge in [-0.05, 0) is 65.7 Å². The molecule has 5 nitrogen and oxygen atoms in total. The Hall–Kier alpha value is -2.83. The third kappa shape index (κ3) is 5.87. The monoisotopic (exact) mass is 480 g/mol. The summed E-state index contributed by atoms with van der Waals surface area (Å²) in [6, 6.07) is 22.2. The zero-order valence-corrected chi connectivity index (χ0v) is 19.0. The lowest BCUT2D eigenvalue weighted by Crippen LogP contribution is -2.36. The van der Waals surface area contributed by atoms with Crippen molar-refractivity contribution in [3.63, 3.8) is 0 Å². The Bertz CT molecular complexity index is 1010. The Morgan fingerprint density at radius 3 is 2.42 bits per heavy atom. The lowest BCUT2D eigenvalue weighted by Gasteiger charge is -2.28. The lowest BCUT2D eigenvalue weighted by atomic mass is 10.2. The minimum atomic E-state index is 0.479. The number of benzene rings is 3. The number of methoxy groups -OCH3 is 1. The summed E-state index contributed by atoms with van der Waals surface area (Å²) in [4.78, 5) is 6.93. The molecule has 0 unspecified atom stereocenters. The molecular formula is C25H25BrN2O3. The van der Waals surface area contributed by atoms with Crippen molar-refractivity contribution in [3.05, 3.63) is 82.3 Å². The van der Waals surface area contributed by atoms with Crippen LogP contribution in [0.5, 0.6) is 11.5 Å². The van der Waals surface area contributed by atoms with Gasteiger partial charge in [0.2, 0.25) is 0 Å². The molecule has 0 aliphatic carbocycles. The summed E-state index contributed by atoms with van der Waals surface area (Å²) in [5.74, 6) is 1.39. The molecule has 31 heavy (non-hydrogen) atoms. The van der Waals surface area contributed by atoms with Crippen LogP contribution in [0.3, 0.4) is 0 Å². The second-order valence-electron chi connectivity index (χ2n) is 7.20. The molecule has 1 aliphatic rings. The number of morpholine rings is 1. The molecule has 0 aromatic heterocycles. The molecule has 0 saturated carbocycles. The Kier molecular flexibility index (Phi) is 7.22. The van der Waals surface area contributed by atoms with Gasteiger partial charge in [0.25, 0.3) is 0 Å². The van der Waals surface area contributed by atoms with Gasteiger partial charge >= 0.3 is 0 Å². The van der Waals surface area contributed by atoms with Gasteiger partial charge in [-0.2, -0.15) is 0 Å². The van der Waals surface area contributed by atoms with E-state index in [-0.39, 0.29) is 0 Å². The molecule has 3 aromatic rings. The first-order valence-electron chi connectivity index (χ1n) is 10.2. The summed E-state index contributed by atoms with van der Waals surface area (Å²) in [7, 11) is 1.65. The lowest BCUT2D eigenvalue weighted by molar-refractivity contribution is 0.122. The van der Waals surface area contributed by atoms with Crippen molar-refractivity contribution >= 4 is 33.5 Å². The van der Waals surface area contributed by atoms with Crippen molar-refractivity contribution in [2.45, 2.75) is 6.61 Å². The maximum atomic E-state index is 5.94.